The van der Waals surface area contributed by atoms with Crippen LogP contribution in [0.1, 0.15) is 31.7 Å². The number of hydrogen-bond acceptors (Lipinski definition) is 3. The predicted octanol–water partition coefficient (Wildman–Crippen LogP) is 3.12. The van der Waals surface area contributed by atoms with Crippen LogP contribution in [-0.4, -0.2) is 16.0 Å². The number of carbonyl (C=O) groups is 1. The van der Waals surface area contributed by atoms with Crippen molar-refractivity contribution in [3.05, 3.63) is 51.6 Å². The summed E-state index contributed by atoms with van der Waals surface area (Å²) >= 11 is 0. The maximum atomic E-state index is 10.8. The zero-order valence-electron chi connectivity index (χ0n) is 10.3. The lowest BCUT2D eigenvalue weighted by molar-refractivity contribution is -0.384. The number of benzene rings is 1. The highest BCUT2D eigenvalue weighted by Gasteiger charge is 2.11. The average molecular weight is 249 g/mol. The first-order valence-electron chi connectivity index (χ1n) is 5.61. The Kier molecular flexibility index (Phi) is 4.59. The molecule has 0 fully saturated rings. The zero-order valence-corrected chi connectivity index (χ0v) is 10.3. The van der Waals surface area contributed by atoms with Crippen LogP contribution >= 0.6 is 0 Å². The van der Waals surface area contributed by atoms with Gasteiger partial charge in [0, 0.05) is 23.6 Å². The molecule has 5 heteroatoms. The van der Waals surface area contributed by atoms with Crippen LogP contribution in [0, 0.1) is 10.1 Å². The summed E-state index contributed by atoms with van der Waals surface area (Å²) in [7, 11) is 0. The number of aliphatic carboxylic acids is 1. The molecule has 0 bridgehead atoms. The summed E-state index contributed by atoms with van der Waals surface area (Å²) in [6, 6.07) is 6.19. The third kappa shape index (κ3) is 3.41. The van der Waals surface area contributed by atoms with Gasteiger partial charge in [0.15, 0.2) is 0 Å². The minimum absolute atomic E-state index is 0.0348. The van der Waals surface area contributed by atoms with Crippen molar-refractivity contribution in [1.29, 1.82) is 0 Å². The van der Waals surface area contributed by atoms with E-state index < -0.39 is 10.9 Å². The first-order chi connectivity index (χ1) is 8.45. The van der Waals surface area contributed by atoms with E-state index in [1.54, 1.807) is 18.2 Å². The number of rotatable bonds is 5. The molecule has 1 unspecified atom stereocenters. The minimum atomic E-state index is -0.949. The molecule has 96 valence electrons. The monoisotopic (exact) mass is 249 g/mol. The van der Waals surface area contributed by atoms with E-state index in [1.165, 1.54) is 19.1 Å². The van der Waals surface area contributed by atoms with Crippen LogP contribution in [-0.2, 0) is 4.79 Å². The molecule has 18 heavy (non-hydrogen) atoms. The van der Waals surface area contributed by atoms with Crippen molar-refractivity contribution in [3.8, 4) is 0 Å². The maximum Gasteiger partial charge on any atom is 0.330 e. The molecule has 0 aromatic heterocycles. The molecule has 0 spiro atoms. The third-order valence-corrected chi connectivity index (χ3v) is 2.76. The number of nitro benzene ring substituents is 1. The second kappa shape index (κ2) is 5.95. The van der Waals surface area contributed by atoms with E-state index in [1.807, 2.05) is 6.92 Å². The van der Waals surface area contributed by atoms with Crippen LogP contribution in [0.15, 0.2) is 35.9 Å². The van der Waals surface area contributed by atoms with E-state index in [-0.39, 0.29) is 17.2 Å². The zero-order chi connectivity index (χ0) is 13.7. The second-order valence-electron chi connectivity index (χ2n) is 4.02. The van der Waals surface area contributed by atoms with Crippen molar-refractivity contribution in [1.82, 2.24) is 0 Å². The molecule has 1 N–H and O–H groups in total. The number of nitro groups is 1. The van der Waals surface area contributed by atoms with E-state index in [0.717, 1.165) is 12.0 Å². The van der Waals surface area contributed by atoms with Gasteiger partial charge in [0.25, 0.3) is 5.69 Å². The lowest BCUT2D eigenvalue weighted by Gasteiger charge is -2.11. The Bertz CT molecular complexity index is 476. The molecule has 0 aliphatic heterocycles. The van der Waals surface area contributed by atoms with E-state index in [0.29, 0.717) is 0 Å². The quantitative estimate of drug-likeness (QED) is 0.494. The first kappa shape index (κ1) is 13.9. The fourth-order valence-electron chi connectivity index (χ4n) is 1.67. The van der Waals surface area contributed by atoms with E-state index in [9.17, 15) is 14.9 Å². The molecular weight excluding hydrogens is 234 g/mol. The number of carboxylic acid groups (broad SMARTS) is 1. The van der Waals surface area contributed by atoms with Crippen molar-refractivity contribution in [2.24, 2.45) is 0 Å². The van der Waals surface area contributed by atoms with Gasteiger partial charge < -0.3 is 5.11 Å². The lowest BCUT2D eigenvalue weighted by atomic mass is 9.94. The van der Waals surface area contributed by atoms with Crippen LogP contribution in [0.2, 0.25) is 0 Å². The molecule has 0 saturated heterocycles. The van der Waals surface area contributed by atoms with Crippen LogP contribution < -0.4 is 0 Å². The molecular formula is C13H15NO4. The summed E-state index contributed by atoms with van der Waals surface area (Å²) in [6.07, 6.45) is 2.41. The summed E-state index contributed by atoms with van der Waals surface area (Å²) in [5.74, 6) is -0.989. The van der Waals surface area contributed by atoms with Gasteiger partial charge in [-0.05, 0) is 18.9 Å². The van der Waals surface area contributed by atoms with Crippen molar-refractivity contribution in [2.45, 2.75) is 26.2 Å². The molecule has 0 aliphatic rings. The molecule has 0 heterocycles. The van der Waals surface area contributed by atoms with Crippen LogP contribution in [0.3, 0.4) is 0 Å². The highest BCUT2D eigenvalue weighted by molar-refractivity contribution is 5.85. The van der Waals surface area contributed by atoms with Gasteiger partial charge in [-0.25, -0.2) is 4.79 Å². The predicted molar refractivity (Wildman–Crippen MR) is 67.5 cm³/mol. The summed E-state index contributed by atoms with van der Waals surface area (Å²) in [4.78, 5) is 20.8. The normalized spacial score (nSPS) is 13.1. The van der Waals surface area contributed by atoms with Gasteiger partial charge in [0.1, 0.15) is 0 Å². The van der Waals surface area contributed by atoms with Gasteiger partial charge in [-0.3, -0.25) is 10.1 Å². The molecule has 0 amide bonds. The van der Waals surface area contributed by atoms with E-state index >= 15 is 0 Å². The molecule has 1 aromatic carbocycles. The molecule has 1 rings (SSSR count). The van der Waals surface area contributed by atoms with E-state index in [4.69, 9.17) is 5.11 Å². The van der Waals surface area contributed by atoms with Gasteiger partial charge in [-0.15, -0.1) is 0 Å². The van der Waals surface area contributed by atoms with Crippen molar-refractivity contribution < 1.29 is 14.8 Å². The fourth-order valence-corrected chi connectivity index (χ4v) is 1.67. The van der Waals surface area contributed by atoms with Gasteiger partial charge in [-0.2, -0.15) is 0 Å². The van der Waals surface area contributed by atoms with Crippen LogP contribution in [0.25, 0.3) is 0 Å². The van der Waals surface area contributed by atoms with Crippen molar-refractivity contribution in [2.75, 3.05) is 0 Å². The summed E-state index contributed by atoms with van der Waals surface area (Å²) in [5.41, 5.74) is 1.19. The number of allylic oxidation sites excluding steroid dienone is 1. The van der Waals surface area contributed by atoms with Gasteiger partial charge in [0.2, 0.25) is 0 Å². The standard InChI is InChI=1S/C13H15NO4/c1-3-10(8-9(2)13(15)16)11-4-6-12(7-5-11)14(17)18/h4-8,10H,3H2,1-2H3,(H,15,16). The molecule has 5 nitrogen and oxygen atoms in total. The van der Waals surface area contributed by atoms with Crippen molar-refractivity contribution in [3.63, 3.8) is 0 Å². The maximum absolute atomic E-state index is 10.8. The van der Waals surface area contributed by atoms with Gasteiger partial charge in [0.05, 0.1) is 4.92 Å². The smallest absolute Gasteiger partial charge is 0.330 e. The Morgan fingerprint density at radius 2 is 2.00 bits per heavy atom. The first-order valence-corrected chi connectivity index (χ1v) is 5.61. The van der Waals surface area contributed by atoms with E-state index in [2.05, 4.69) is 0 Å². The molecule has 0 radical (unpaired) electrons. The average Bonchev–Trinajstić information content (AvgIpc) is 2.35. The minimum Gasteiger partial charge on any atom is -0.478 e. The number of hydrogen-bond donors (Lipinski definition) is 1. The Hall–Kier alpha value is -2.17. The Morgan fingerprint density at radius 1 is 1.44 bits per heavy atom. The summed E-state index contributed by atoms with van der Waals surface area (Å²) in [5, 5.41) is 19.4. The van der Waals surface area contributed by atoms with Crippen LogP contribution in [0.4, 0.5) is 5.69 Å². The Labute approximate surface area is 105 Å². The number of nitrogens with zero attached hydrogens (tertiary/aromatic N) is 1. The summed E-state index contributed by atoms with van der Waals surface area (Å²) < 4.78 is 0. The van der Waals surface area contributed by atoms with Crippen LogP contribution in [0.5, 0.6) is 0 Å². The third-order valence-electron chi connectivity index (χ3n) is 2.76. The highest BCUT2D eigenvalue weighted by atomic mass is 16.6. The fraction of sp³-hybridized carbons (Fsp3) is 0.308. The lowest BCUT2D eigenvalue weighted by Crippen LogP contribution is -2.01. The van der Waals surface area contributed by atoms with Crippen molar-refractivity contribution >= 4 is 11.7 Å². The molecule has 1 aromatic rings. The number of non-ortho nitro benzene ring substituents is 1. The molecule has 1 atom stereocenters. The topological polar surface area (TPSA) is 80.4 Å². The Balaban J connectivity index is 2.99. The largest absolute Gasteiger partial charge is 0.478 e. The van der Waals surface area contributed by atoms with Gasteiger partial charge in [-0.1, -0.05) is 25.1 Å². The summed E-state index contributed by atoms with van der Waals surface area (Å²) in [6.45, 7) is 3.48. The highest BCUT2D eigenvalue weighted by Crippen LogP contribution is 2.24. The second-order valence-corrected chi connectivity index (χ2v) is 4.02. The number of carboxylic acids is 1. The van der Waals surface area contributed by atoms with Gasteiger partial charge >= 0.3 is 5.97 Å². The molecule has 0 aliphatic carbocycles. The molecule has 0 saturated carbocycles. The SMILES string of the molecule is CCC(C=C(C)C(=O)O)c1ccc([N+](=O)[O-])cc1. The Morgan fingerprint density at radius 3 is 2.39 bits per heavy atom.